The van der Waals surface area contributed by atoms with Crippen LogP contribution in [0.5, 0.6) is 6.01 Å². The van der Waals surface area contributed by atoms with E-state index in [1.54, 1.807) is 39.0 Å². The molecule has 9 nitrogen and oxygen atoms in total. The summed E-state index contributed by atoms with van der Waals surface area (Å²) in [5.41, 5.74) is 0.114. The second-order valence-corrected chi connectivity index (χ2v) is 11.3. The van der Waals surface area contributed by atoms with Crippen LogP contribution >= 0.6 is 11.3 Å². The second kappa shape index (κ2) is 10.4. The molecular weight excluding hydrogens is 509 g/mol. The fourth-order valence-corrected chi connectivity index (χ4v) is 5.37. The molecule has 0 saturated carbocycles. The summed E-state index contributed by atoms with van der Waals surface area (Å²) in [7, 11) is 0. The van der Waals surface area contributed by atoms with E-state index in [2.05, 4.69) is 38.5 Å². The van der Waals surface area contributed by atoms with E-state index in [0.717, 1.165) is 38.2 Å². The lowest BCUT2D eigenvalue weighted by atomic mass is 9.92. The predicted octanol–water partition coefficient (Wildman–Crippen LogP) is 5.28. The molecule has 37 heavy (non-hydrogen) atoms. The summed E-state index contributed by atoms with van der Waals surface area (Å²) in [6.45, 7) is 9.48. The summed E-state index contributed by atoms with van der Waals surface area (Å²) >= 11 is 1.56. The van der Waals surface area contributed by atoms with Gasteiger partial charge in [-0.1, -0.05) is 13.3 Å². The second-order valence-electron chi connectivity index (χ2n) is 10.2. The first-order valence-electron chi connectivity index (χ1n) is 12.3. The number of aryl methyl sites for hydroxylation is 1. The van der Waals surface area contributed by atoms with E-state index < -0.39 is 23.7 Å². The van der Waals surface area contributed by atoms with Crippen LogP contribution in [0.1, 0.15) is 75.6 Å². The van der Waals surface area contributed by atoms with Gasteiger partial charge < -0.3 is 19.4 Å². The Morgan fingerprint density at radius 3 is 2.70 bits per heavy atom. The molecule has 1 amide bonds. The third-order valence-corrected chi connectivity index (χ3v) is 6.86. The maximum absolute atomic E-state index is 13.3. The summed E-state index contributed by atoms with van der Waals surface area (Å²) in [4.78, 5) is 23.2. The van der Waals surface area contributed by atoms with Gasteiger partial charge in [0.05, 0.1) is 11.7 Å². The van der Waals surface area contributed by atoms with Gasteiger partial charge in [0.15, 0.2) is 0 Å². The first-order chi connectivity index (χ1) is 17.3. The van der Waals surface area contributed by atoms with Gasteiger partial charge in [-0.25, -0.2) is 4.79 Å². The lowest BCUT2D eigenvalue weighted by molar-refractivity contribution is -0.147. The molecule has 1 aliphatic heterocycles. The van der Waals surface area contributed by atoms with Crippen LogP contribution in [-0.2, 0) is 30.3 Å². The summed E-state index contributed by atoms with van der Waals surface area (Å²) in [6, 6.07) is 1.86. The van der Waals surface area contributed by atoms with Crippen molar-refractivity contribution in [2.75, 3.05) is 6.61 Å². The smallest absolute Gasteiger partial charge is 0.451 e. The Morgan fingerprint density at radius 2 is 2.03 bits per heavy atom. The molecule has 0 fully saturated rings. The summed E-state index contributed by atoms with van der Waals surface area (Å²) in [5.74, 6) is -0.839. The zero-order chi connectivity index (χ0) is 27.0. The predicted molar refractivity (Wildman–Crippen MR) is 132 cm³/mol. The molecule has 0 aromatic carbocycles. The molecule has 1 aliphatic rings. The molecule has 202 valence electrons. The van der Waals surface area contributed by atoms with Crippen LogP contribution in [0.2, 0.25) is 0 Å². The number of aromatic nitrogens is 5. The van der Waals surface area contributed by atoms with E-state index in [0.29, 0.717) is 6.42 Å². The molecule has 3 aromatic heterocycles. The largest absolute Gasteiger partial charge is 0.461 e. The number of alkyl carbamates (subject to hydrolysis) is 1. The number of hydrogen-bond acceptors (Lipinski definition) is 8. The molecule has 2 unspecified atom stereocenters. The minimum absolute atomic E-state index is 0.116. The zero-order valence-electron chi connectivity index (χ0n) is 21.5. The number of alkyl halides is 3. The van der Waals surface area contributed by atoms with Crippen LogP contribution < -0.4 is 10.1 Å². The Morgan fingerprint density at radius 1 is 1.27 bits per heavy atom. The van der Waals surface area contributed by atoms with Crippen molar-refractivity contribution in [3.63, 3.8) is 0 Å². The fraction of sp³-hybridized carbons (Fsp3) is 0.625. The van der Waals surface area contributed by atoms with Crippen LogP contribution in [0.25, 0.3) is 10.2 Å². The number of ether oxygens (including phenoxy) is 2. The fourth-order valence-electron chi connectivity index (χ4n) is 4.24. The number of halogens is 3. The van der Waals surface area contributed by atoms with Crippen LogP contribution in [0, 0.1) is 0 Å². The standard InChI is InChI=1S/C24H31F3N6O3S/c1-6-7-15-11-16-18(14-8-9-33-17(10-14)31-32-20(33)24(25,26)27)29-21(30-19(16)37-15)35-12-13(2)28-22(34)36-23(3,4)5/h11,13-14H,6-10,12H2,1-5H3,(H,28,34). The molecule has 2 atom stereocenters. The number of nitrogens with one attached hydrogen (secondary N) is 1. The lowest BCUT2D eigenvalue weighted by Gasteiger charge is -2.24. The number of thiophene rings is 1. The Bertz CT molecular complexity index is 1270. The molecular formula is C24H31F3N6O3S. The molecule has 0 aliphatic carbocycles. The average molecular weight is 541 g/mol. The van der Waals surface area contributed by atoms with Crippen molar-refractivity contribution in [3.8, 4) is 6.01 Å². The number of rotatable bonds is 7. The van der Waals surface area contributed by atoms with Crippen molar-refractivity contribution in [2.45, 2.75) is 90.6 Å². The summed E-state index contributed by atoms with van der Waals surface area (Å²) in [5, 5.41) is 10.8. The maximum Gasteiger partial charge on any atom is 0.451 e. The third-order valence-electron chi connectivity index (χ3n) is 5.77. The Kier molecular flexibility index (Phi) is 7.63. The molecule has 4 heterocycles. The minimum atomic E-state index is -4.55. The first kappa shape index (κ1) is 27.1. The number of hydrogen-bond donors (Lipinski definition) is 1. The van der Waals surface area contributed by atoms with E-state index in [1.807, 2.05) is 0 Å². The van der Waals surface area contributed by atoms with Gasteiger partial charge in [-0.3, -0.25) is 0 Å². The van der Waals surface area contributed by atoms with Gasteiger partial charge >= 0.3 is 18.3 Å². The Labute approximate surface area is 216 Å². The average Bonchev–Trinajstić information content (AvgIpc) is 3.39. The Balaban J connectivity index is 1.56. The highest BCUT2D eigenvalue weighted by molar-refractivity contribution is 7.18. The van der Waals surface area contributed by atoms with Gasteiger partial charge in [0.2, 0.25) is 5.82 Å². The highest BCUT2D eigenvalue weighted by atomic mass is 32.1. The first-order valence-corrected chi connectivity index (χ1v) is 13.1. The van der Waals surface area contributed by atoms with Crippen molar-refractivity contribution >= 4 is 27.6 Å². The topological polar surface area (TPSA) is 104 Å². The third kappa shape index (κ3) is 6.49. The van der Waals surface area contributed by atoms with Crippen LogP contribution in [0.15, 0.2) is 6.07 Å². The summed E-state index contributed by atoms with van der Waals surface area (Å²) < 4.78 is 52.1. The van der Waals surface area contributed by atoms with E-state index in [-0.39, 0.29) is 43.4 Å². The van der Waals surface area contributed by atoms with Gasteiger partial charge in [0.25, 0.3) is 0 Å². The Hall–Kier alpha value is -2.96. The maximum atomic E-state index is 13.3. The van der Waals surface area contributed by atoms with Crippen LogP contribution in [-0.4, -0.2) is 49.1 Å². The molecule has 0 radical (unpaired) electrons. The summed E-state index contributed by atoms with van der Waals surface area (Å²) in [6.07, 6.45) is -2.50. The highest BCUT2D eigenvalue weighted by Gasteiger charge is 2.40. The number of nitrogens with zero attached hydrogens (tertiary/aromatic N) is 5. The molecule has 4 rings (SSSR count). The van der Waals surface area contributed by atoms with E-state index >= 15 is 0 Å². The van der Waals surface area contributed by atoms with Gasteiger partial charge in [-0.05, 0) is 46.6 Å². The lowest BCUT2D eigenvalue weighted by Crippen LogP contribution is -2.40. The monoisotopic (exact) mass is 540 g/mol. The van der Waals surface area contributed by atoms with Gasteiger partial charge in [-0.2, -0.15) is 23.1 Å². The normalized spacial score (nSPS) is 16.9. The zero-order valence-corrected chi connectivity index (χ0v) is 22.3. The number of carbonyl (C=O) groups excluding carboxylic acids is 1. The molecule has 13 heteroatoms. The molecule has 0 saturated heterocycles. The van der Waals surface area contributed by atoms with E-state index in [1.165, 1.54) is 0 Å². The van der Waals surface area contributed by atoms with E-state index in [9.17, 15) is 18.0 Å². The molecule has 0 spiro atoms. The van der Waals surface area contributed by atoms with Gasteiger partial charge in [-0.15, -0.1) is 21.5 Å². The number of fused-ring (bicyclic) bond motifs is 2. The number of carbonyl (C=O) groups is 1. The highest BCUT2D eigenvalue weighted by Crippen LogP contribution is 2.38. The minimum Gasteiger partial charge on any atom is -0.461 e. The van der Waals surface area contributed by atoms with Crippen molar-refractivity contribution in [3.05, 3.63) is 28.3 Å². The van der Waals surface area contributed by atoms with Gasteiger partial charge in [0.1, 0.15) is 22.9 Å². The quantitative estimate of drug-likeness (QED) is 0.435. The van der Waals surface area contributed by atoms with Crippen molar-refractivity contribution in [1.82, 2.24) is 30.0 Å². The van der Waals surface area contributed by atoms with Crippen LogP contribution in [0.4, 0.5) is 18.0 Å². The van der Waals surface area contributed by atoms with Crippen molar-refractivity contribution in [1.29, 1.82) is 0 Å². The van der Waals surface area contributed by atoms with Gasteiger partial charge in [0, 0.05) is 29.1 Å². The van der Waals surface area contributed by atoms with Crippen molar-refractivity contribution in [2.24, 2.45) is 0 Å². The van der Waals surface area contributed by atoms with Crippen molar-refractivity contribution < 1.29 is 27.4 Å². The molecule has 1 N–H and O–H groups in total. The number of amides is 1. The molecule has 3 aromatic rings. The van der Waals surface area contributed by atoms with E-state index in [4.69, 9.17) is 9.47 Å². The van der Waals surface area contributed by atoms with Crippen LogP contribution in [0.3, 0.4) is 0 Å². The SMILES string of the molecule is CCCc1cc2c(C3CCn4c(nnc4C(F)(F)F)C3)nc(OCC(C)NC(=O)OC(C)(C)C)nc2s1. The molecule has 0 bridgehead atoms.